The summed E-state index contributed by atoms with van der Waals surface area (Å²) in [4.78, 5) is 2.64. The molecular formula is C17H25BrN2. The maximum atomic E-state index is 5.98. The van der Waals surface area contributed by atoms with Gasteiger partial charge in [-0.25, -0.2) is 0 Å². The third-order valence-corrected chi connectivity index (χ3v) is 5.69. The van der Waals surface area contributed by atoms with E-state index in [-0.39, 0.29) is 6.04 Å². The van der Waals surface area contributed by atoms with Gasteiger partial charge in [-0.2, -0.15) is 0 Å². The van der Waals surface area contributed by atoms with Crippen molar-refractivity contribution in [2.45, 2.75) is 57.5 Å². The summed E-state index contributed by atoms with van der Waals surface area (Å²) in [6.07, 6.45) is 8.42. The van der Waals surface area contributed by atoms with Gasteiger partial charge < -0.3 is 10.6 Å². The Balaban J connectivity index is 1.83. The highest BCUT2D eigenvalue weighted by Gasteiger charge is 2.34. The molecule has 0 aromatic heterocycles. The maximum absolute atomic E-state index is 5.98. The Bertz CT molecular complexity index is 466. The molecule has 110 valence electrons. The molecule has 1 saturated heterocycles. The number of benzene rings is 1. The molecule has 3 rings (SSSR count). The normalized spacial score (nSPS) is 25.4. The molecule has 0 spiro atoms. The van der Waals surface area contributed by atoms with Crippen LogP contribution in [0, 0.1) is 5.92 Å². The smallest absolute Gasteiger partial charge is 0.0513 e. The van der Waals surface area contributed by atoms with Gasteiger partial charge in [0.1, 0.15) is 0 Å². The van der Waals surface area contributed by atoms with Gasteiger partial charge in [0.15, 0.2) is 0 Å². The predicted octanol–water partition coefficient (Wildman–Crippen LogP) is 4.63. The lowest BCUT2D eigenvalue weighted by molar-refractivity contribution is 0.430. The third-order valence-electron chi connectivity index (χ3n) is 5.05. The summed E-state index contributed by atoms with van der Waals surface area (Å²) < 4.78 is 1.21. The van der Waals surface area contributed by atoms with Gasteiger partial charge >= 0.3 is 0 Å². The standard InChI is InChI=1S/C17H25BrN2/c1-12(19)14-8-9-17(15(18)11-14)20-10-4-7-16(20)13-5-2-3-6-13/h8-9,11-13,16H,2-7,10,19H2,1H3. The highest BCUT2D eigenvalue weighted by molar-refractivity contribution is 9.10. The van der Waals surface area contributed by atoms with Gasteiger partial charge in [0.2, 0.25) is 0 Å². The molecule has 2 N–H and O–H groups in total. The SMILES string of the molecule is CC(N)c1ccc(N2CCCC2C2CCCC2)c(Br)c1. The van der Waals surface area contributed by atoms with Crippen molar-refractivity contribution in [3.8, 4) is 0 Å². The van der Waals surface area contributed by atoms with Crippen LogP contribution in [0.2, 0.25) is 0 Å². The summed E-state index contributed by atoms with van der Waals surface area (Å²) >= 11 is 3.76. The quantitative estimate of drug-likeness (QED) is 0.871. The molecule has 2 atom stereocenters. The van der Waals surface area contributed by atoms with Crippen molar-refractivity contribution in [2.24, 2.45) is 11.7 Å². The second kappa shape index (κ2) is 6.07. The average molecular weight is 337 g/mol. The Morgan fingerprint density at radius 3 is 2.60 bits per heavy atom. The van der Waals surface area contributed by atoms with E-state index in [1.165, 1.54) is 60.8 Å². The fraction of sp³-hybridized carbons (Fsp3) is 0.647. The van der Waals surface area contributed by atoms with Gasteiger partial charge in [-0.15, -0.1) is 0 Å². The minimum absolute atomic E-state index is 0.101. The zero-order chi connectivity index (χ0) is 14.1. The van der Waals surface area contributed by atoms with E-state index in [0.717, 1.165) is 12.0 Å². The lowest BCUT2D eigenvalue weighted by atomic mass is 9.95. The molecule has 2 unspecified atom stereocenters. The molecule has 1 aromatic rings. The minimum atomic E-state index is 0.101. The lowest BCUT2D eigenvalue weighted by Crippen LogP contribution is -2.34. The molecule has 3 heteroatoms. The van der Waals surface area contributed by atoms with Crippen molar-refractivity contribution >= 4 is 21.6 Å². The molecule has 0 radical (unpaired) electrons. The fourth-order valence-electron chi connectivity index (χ4n) is 3.96. The monoisotopic (exact) mass is 336 g/mol. The van der Waals surface area contributed by atoms with Crippen LogP contribution in [0.3, 0.4) is 0 Å². The van der Waals surface area contributed by atoms with Gasteiger partial charge in [0, 0.05) is 23.1 Å². The first kappa shape index (κ1) is 14.4. The summed E-state index contributed by atoms with van der Waals surface area (Å²) in [5, 5.41) is 0. The van der Waals surface area contributed by atoms with Crippen LogP contribution in [-0.2, 0) is 0 Å². The molecule has 2 fully saturated rings. The van der Waals surface area contributed by atoms with E-state index in [2.05, 4.69) is 39.0 Å². The van der Waals surface area contributed by atoms with E-state index >= 15 is 0 Å². The maximum Gasteiger partial charge on any atom is 0.0513 e. The molecule has 1 saturated carbocycles. The highest BCUT2D eigenvalue weighted by Crippen LogP contribution is 2.40. The van der Waals surface area contributed by atoms with E-state index in [4.69, 9.17) is 5.73 Å². The summed E-state index contributed by atoms with van der Waals surface area (Å²) in [7, 11) is 0. The summed E-state index contributed by atoms with van der Waals surface area (Å²) in [6.45, 7) is 3.25. The molecule has 2 aliphatic rings. The van der Waals surface area contributed by atoms with Crippen molar-refractivity contribution in [3.05, 3.63) is 28.2 Å². The van der Waals surface area contributed by atoms with Crippen LogP contribution in [0.5, 0.6) is 0 Å². The van der Waals surface area contributed by atoms with E-state index in [9.17, 15) is 0 Å². The van der Waals surface area contributed by atoms with Gasteiger partial charge in [0.05, 0.1) is 5.69 Å². The number of hydrogen-bond acceptors (Lipinski definition) is 2. The first-order chi connectivity index (χ1) is 9.66. The first-order valence-corrected chi connectivity index (χ1v) is 8.78. The largest absolute Gasteiger partial charge is 0.367 e. The fourth-order valence-corrected chi connectivity index (χ4v) is 4.59. The van der Waals surface area contributed by atoms with E-state index < -0.39 is 0 Å². The Morgan fingerprint density at radius 1 is 1.20 bits per heavy atom. The van der Waals surface area contributed by atoms with Crippen molar-refractivity contribution in [1.29, 1.82) is 0 Å². The zero-order valence-corrected chi connectivity index (χ0v) is 13.9. The van der Waals surface area contributed by atoms with Gasteiger partial charge in [-0.3, -0.25) is 0 Å². The molecule has 20 heavy (non-hydrogen) atoms. The molecule has 1 aliphatic carbocycles. The lowest BCUT2D eigenvalue weighted by Gasteiger charge is -2.32. The van der Waals surface area contributed by atoms with Crippen LogP contribution in [0.15, 0.2) is 22.7 Å². The number of nitrogens with two attached hydrogens (primary N) is 1. The minimum Gasteiger partial charge on any atom is -0.367 e. The molecular weight excluding hydrogens is 312 g/mol. The molecule has 0 amide bonds. The van der Waals surface area contributed by atoms with Crippen molar-refractivity contribution < 1.29 is 0 Å². The number of halogens is 1. The van der Waals surface area contributed by atoms with Crippen molar-refractivity contribution in [3.63, 3.8) is 0 Å². The van der Waals surface area contributed by atoms with Crippen LogP contribution < -0.4 is 10.6 Å². The highest BCUT2D eigenvalue weighted by atomic mass is 79.9. The summed E-state index contributed by atoms with van der Waals surface area (Å²) in [5.41, 5.74) is 8.55. The van der Waals surface area contributed by atoms with Crippen molar-refractivity contribution in [1.82, 2.24) is 0 Å². The van der Waals surface area contributed by atoms with E-state index in [0.29, 0.717) is 0 Å². The molecule has 1 heterocycles. The second-order valence-electron chi connectivity index (χ2n) is 6.45. The number of rotatable bonds is 3. The van der Waals surface area contributed by atoms with Crippen LogP contribution >= 0.6 is 15.9 Å². The van der Waals surface area contributed by atoms with E-state index in [1.807, 2.05) is 6.92 Å². The Hall–Kier alpha value is -0.540. The van der Waals surface area contributed by atoms with Crippen LogP contribution in [-0.4, -0.2) is 12.6 Å². The average Bonchev–Trinajstić information content (AvgIpc) is 3.09. The first-order valence-electron chi connectivity index (χ1n) is 7.98. The second-order valence-corrected chi connectivity index (χ2v) is 7.30. The number of anilines is 1. The number of nitrogens with zero attached hydrogens (tertiary/aromatic N) is 1. The third kappa shape index (κ3) is 2.75. The molecule has 0 bridgehead atoms. The molecule has 2 nitrogen and oxygen atoms in total. The van der Waals surface area contributed by atoms with Crippen LogP contribution in [0.1, 0.15) is 57.1 Å². The summed E-state index contributed by atoms with van der Waals surface area (Å²) in [6, 6.07) is 7.51. The Morgan fingerprint density at radius 2 is 1.95 bits per heavy atom. The predicted molar refractivity (Wildman–Crippen MR) is 89.1 cm³/mol. The topological polar surface area (TPSA) is 29.3 Å². The Labute approximate surface area is 130 Å². The number of hydrogen-bond donors (Lipinski definition) is 1. The Kier molecular flexibility index (Phi) is 4.37. The molecule has 1 aromatic carbocycles. The van der Waals surface area contributed by atoms with Crippen LogP contribution in [0.25, 0.3) is 0 Å². The van der Waals surface area contributed by atoms with Gasteiger partial charge in [-0.1, -0.05) is 18.9 Å². The van der Waals surface area contributed by atoms with Crippen molar-refractivity contribution in [2.75, 3.05) is 11.4 Å². The van der Waals surface area contributed by atoms with Gasteiger partial charge in [-0.05, 0) is 72.2 Å². The molecule has 1 aliphatic heterocycles. The van der Waals surface area contributed by atoms with E-state index in [1.54, 1.807) is 0 Å². The zero-order valence-electron chi connectivity index (χ0n) is 12.3. The summed E-state index contributed by atoms with van der Waals surface area (Å²) in [5.74, 6) is 0.914. The van der Waals surface area contributed by atoms with Gasteiger partial charge in [0.25, 0.3) is 0 Å². The van der Waals surface area contributed by atoms with Crippen LogP contribution in [0.4, 0.5) is 5.69 Å².